The molecule has 2 heterocycles. The summed E-state index contributed by atoms with van der Waals surface area (Å²) in [5.41, 5.74) is 0. The van der Waals surface area contributed by atoms with Gasteiger partial charge in [0.1, 0.15) is 4.21 Å². The largest absolute Gasteiger partial charge is 0.469 e. The Morgan fingerprint density at radius 3 is 2.70 bits per heavy atom. The van der Waals surface area contributed by atoms with Crippen LogP contribution in [0.1, 0.15) is 54.6 Å². The van der Waals surface area contributed by atoms with Gasteiger partial charge in [-0.1, -0.05) is 12.2 Å². The number of rotatable bonds is 10. The SMILES string of the molecule is COC(=O)CCC/C=C\C[C@H]1[C@@H]2CC[C@@H](C2)[C@@H]1NC(=O)c1ccc(S(=O)(=O)n2cccc2)s1. The molecule has 1 amide bonds. The Labute approximate surface area is 198 Å². The van der Waals surface area contributed by atoms with E-state index < -0.39 is 10.0 Å². The molecular formula is C24H30N2O5S2. The lowest BCUT2D eigenvalue weighted by atomic mass is 9.82. The van der Waals surface area contributed by atoms with E-state index in [-0.39, 0.29) is 22.1 Å². The van der Waals surface area contributed by atoms with Gasteiger partial charge in [0, 0.05) is 24.9 Å². The number of carbonyl (C=O) groups excluding carboxylic acids is 2. The van der Waals surface area contributed by atoms with Crippen LogP contribution in [0.3, 0.4) is 0 Å². The average molecular weight is 491 g/mol. The summed E-state index contributed by atoms with van der Waals surface area (Å²) in [4.78, 5) is 24.6. The summed E-state index contributed by atoms with van der Waals surface area (Å²) in [5.74, 6) is 1.12. The highest BCUT2D eigenvalue weighted by Gasteiger charge is 2.47. The van der Waals surface area contributed by atoms with Crippen molar-refractivity contribution in [3.05, 3.63) is 53.7 Å². The zero-order chi connectivity index (χ0) is 23.4. The van der Waals surface area contributed by atoms with Gasteiger partial charge in [0.2, 0.25) is 0 Å². The first-order chi connectivity index (χ1) is 15.9. The van der Waals surface area contributed by atoms with Crippen LogP contribution >= 0.6 is 11.3 Å². The predicted molar refractivity (Wildman–Crippen MR) is 127 cm³/mol. The number of unbranched alkanes of at least 4 members (excludes halogenated alkanes) is 1. The number of allylic oxidation sites excluding steroid dienone is 2. The minimum atomic E-state index is -3.66. The van der Waals surface area contributed by atoms with Crippen LogP contribution in [-0.4, -0.2) is 37.4 Å². The van der Waals surface area contributed by atoms with Crippen LogP contribution in [0.2, 0.25) is 0 Å². The Kier molecular flexibility index (Phi) is 7.38. The molecule has 7 nitrogen and oxygen atoms in total. The fraction of sp³-hybridized carbons (Fsp3) is 0.500. The van der Waals surface area contributed by atoms with E-state index in [0.717, 1.165) is 47.4 Å². The summed E-state index contributed by atoms with van der Waals surface area (Å²) >= 11 is 1.01. The lowest BCUT2D eigenvalue weighted by Gasteiger charge is -2.31. The van der Waals surface area contributed by atoms with Crippen molar-refractivity contribution in [2.24, 2.45) is 17.8 Å². The number of nitrogens with one attached hydrogen (secondary N) is 1. The number of fused-ring (bicyclic) bond motifs is 2. The molecule has 0 aliphatic heterocycles. The second-order valence-electron chi connectivity index (χ2n) is 8.81. The maximum absolute atomic E-state index is 13.0. The van der Waals surface area contributed by atoms with Crippen LogP contribution in [0.4, 0.5) is 0 Å². The number of amides is 1. The highest BCUT2D eigenvalue weighted by atomic mass is 32.2. The van der Waals surface area contributed by atoms with Gasteiger partial charge in [-0.3, -0.25) is 9.59 Å². The highest BCUT2D eigenvalue weighted by molar-refractivity contribution is 7.92. The Bertz CT molecular complexity index is 1100. The number of ether oxygens (including phenoxy) is 1. The zero-order valence-corrected chi connectivity index (χ0v) is 20.3. The van der Waals surface area contributed by atoms with Crippen LogP contribution < -0.4 is 5.32 Å². The van der Waals surface area contributed by atoms with E-state index in [9.17, 15) is 18.0 Å². The van der Waals surface area contributed by atoms with Gasteiger partial charge in [0.15, 0.2) is 0 Å². The number of nitrogens with zero attached hydrogens (tertiary/aromatic N) is 1. The first-order valence-corrected chi connectivity index (χ1v) is 13.7. The Balaban J connectivity index is 1.36. The molecule has 0 unspecified atom stereocenters. The van der Waals surface area contributed by atoms with E-state index in [1.165, 1.54) is 32.0 Å². The summed E-state index contributed by atoms with van der Waals surface area (Å²) in [6.45, 7) is 0. The fourth-order valence-electron chi connectivity index (χ4n) is 5.20. The second-order valence-corrected chi connectivity index (χ2v) is 12.0. The lowest BCUT2D eigenvalue weighted by molar-refractivity contribution is -0.140. The van der Waals surface area contributed by atoms with Gasteiger partial charge in [-0.15, -0.1) is 11.3 Å². The topological polar surface area (TPSA) is 94.5 Å². The minimum absolute atomic E-state index is 0.113. The van der Waals surface area contributed by atoms with Gasteiger partial charge in [-0.05, 0) is 80.5 Å². The molecule has 0 saturated heterocycles. The average Bonchev–Trinajstić information content (AvgIpc) is 3.60. The van der Waals surface area contributed by atoms with Crippen molar-refractivity contribution >= 4 is 33.2 Å². The molecule has 0 aromatic carbocycles. The van der Waals surface area contributed by atoms with Crippen molar-refractivity contribution in [3.63, 3.8) is 0 Å². The molecule has 2 saturated carbocycles. The number of esters is 1. The molecule has 2 aliphatic carbocycles. The summed E-state index contributed by atoms with van der Waals surface area (Å²) in [7, 11) is -2.26. The van der Waals surface area contributed by atoms with Crippen molar-refractivity contribution in [2.75, 3.05) is 7.11 Å². The van der Waals surface area contributed by atoms with Crippen molar-refractivity contribution < 1.29 is 22.7 Å². The molecule has 2 bridgehead atoms. The molecule has 2 aliphatic rings. The van der Waals surface area contributed by atoms with Gasteiger partial charge in [-0.2, -0.15) is 8.42 Å². The molecule has 33 heavy (non-hydrogen) atoms. The van der Waals surface area contributed by atoms with Crippen molar-refractivity contribution in [2.45, 2.75) is 55.2 Å². The van der Waals surface area contributed by atoms with Crippen LogP contribution in [0.15, 0.2) is 53.0 Å². The third-order valence-corrected chi connectivity index (χ3v) is 10.1. The van der Waals surface area contributed by atoms with Crippen LogP contribution in [0, 0.1) is 17.8 Å². The molecule has 0 radical (unpaired) electrons. The molecule has 1 N–H and O–H groups in total. The first-order valence-electron chi connectivity index (χ1n) is 11.4. The van der Waals surface area contributed by atoms with E-state index >= 15 is 0 Å². The maximum Gasteiger partial charge on any atom is 0.305 e. The molecule has 178 valence electrons. The van der Waals surface area contributed by atoms with Crippen LogP contribution in [0.5, 0.6) is 0 Å². The molecule has 2 aromatic heterocycles. The zero-order valence-electron chi connectivity index (χ0n) is 18.7. The van der Waals surface area contributed by atoms with Crippen molar-refractivity contribution in [1.82, 2.24) is 9.29 Å². The van der Waals surface area contributed by atoms with Crippen molar-refractivity contribution in [3.8, 4) is 0 Å². The minimum Gasteiger partial charge on any atom is -0.469 e. The summed E-state index contributed by atoms with van der Waals surface area (Å²) in [5, 5.41) is 3.23. The number of thiophene rings is 1. The third-order valence-electron chi connectivity index (χ3n) is 6.85. The normalized spacial score (nSPS) is 24.4. The number of hydrogen-bond donors (Lipinski definition) is 1. The number of hydrogen-bond acceptors (Lipinski definition) is 6. The quantitative estimate of drug-likeness (QED) is 0.306. The number of aromatic nitrogens is 1. The van der Waals surface area contributed by atoms with E-state index in [0.29, 0.717) is 29.1 Å². The van der Waals surface area contributed by atoms with Crippen molar-refractivity contribution in [1.29, 1.82) is 0 Å². The standard InChI is InChI=1S/C24H30N2O5S2/c1-31-21(27)9-5-3-2-4-8-19-17-10-11-18(16-17)23(19)25-24(28)20-12-13-22(32-20)33(29,30)26-14-6-7-15-26/h2,4,6-7,12-15,17-19,23H,3,5,8-11,16H2,1H3,(H,25,28)/b4-2-/t17-,18+,19+,23+/m1/s1. The van der Waals surface area contributed by atoms with E-state index in [2.05, 4.69) is 22.2 Å². The van der Waals surface area contributed by atoms with E-state index in [1.807, 2.05) is 0 Å². The summed E-state index contributed by atoms with van der Waals surface area (Å²) in [6.07, 6.45) is 13.7. The molecule has 0 spiro atoms. The molecular weight excluding hydrogens is 460 g/mol. The summed E-state index contributed by atoms with van der Waals surface area (Å²) < 4.78 is 31.3. The fourth-order valence-corrected chi connectivity index (χ4v) is 7.70. The van der Waals surface area contributed by atoms with Gasteiger partial charge in [0.05, 0.1) is 12.0 Å². The second kappa shape index (κ2) is 10.3. The third kappa shape index (κ3) is 5.24. The van der Waals surface area contributed by atoms with E-state index in [1.54, 1.807) is 18.2 Å². The number of carbonyl (C=O) groups is 2. The smallest absolute Gasteiger partial charge is 0.305 e. The van der Waals surface area contributed by atoms with Crippen LogP contribution in [0.25, 0.3) is 0 Å². The van der Waals surface area contributed by atoms with Crippen LogP contribution in [-0.2, 0) is 19.6 Å². The number of methoxy groups -OCH3 is 1. The van der Waals surface area contributed by atoms with Gasteiger partial charge < -0.3 is 10.1 Å². The highest BCUT2D eigenvalue weighted by Crippen LogP contribution is 2.50. The van der Waals surface area contributed by atoms with Gasteiger partial charge >= 0.3 is 5.97 Å². The Morgan fingerprint density at radius 2 is 1.94 bits per heavy atom. The molecule has 9 heteroatoms. The molecule has 2 aromatic rings. The summed E-state index contributed by atoms with van der Waals surface area (Å²) in [6, 6.07) is 6.52. The molecule has 4 rings (SSSR count). The monoisotopic (exact) mass is 490 g/mol. The Morgan fingerprint density at radius 1 is 1.18 bits per heavy atom. The molecule has 2 fully saturated rings. The van der Waals surface area contributed by atoms with E-state index in [4.69, 9.17) is 0 Å². The maximum atomic E-state index is 13.0. The lowest BCUT2D eigenvalue weighted by Crippen LogP contribution is -2.43. The predicted octanol–water partition coefficient (Wildman–Crippen LogP) is 4.22. The van der Waals surface area contributed by atoms with Gasteiger partial charge in [0.25, 0.3) is 15.9 Å². The Hall–Kier alpha value is -2.39. The first kappa shape index (κ1) is 23.8. The van der Waals surface area contributed by atoms with Gasteiger partial charge in [-0.25, -0.2) is 3.97 Å². The molecule has 4 atom stereocenters.